The first-order chi connectivity index (χ1) is 11.1. The van der Waals surface area contributed by atoms with Crippen LogP contribution in [0.5, 0.6) is 0 Å². The molecule has 5 atom stereocenters. The highest BCUT2D eigenvalue weighted by Crippen LogP contribution is 2.52. The number of hydrogen-bond acceptors (Lipinski definition) is 7. The lowest BCUT2D eigenvalue weighted by atomic mass is 9.55. The molecule has 7 heteroatoms. The summed E-state index contributed by atoms with van der Waals surface area (Å²) in [5.41, 5.74) is 1.06. The molecular formula is C16H25NO6. The van der Waals surface area contributed by atoms with E-state index in [0.717, 1.165) is 17.5 Å². The number of aliphatic hydroxyl groups excluding tert-OH is 4. The Labute approximate surface area is 134 Å². The van der Waals surface area contributed by atoms with E-state index < -0.39 is 37.3 Å². The zero-order valence-corrected chi connectivity index (χ0v) is 13.0. The fourth-order valence-electron chi connectivity index (χ4n) is 5.08. The molecule has 7 nitrogen and oxygen atoms in total. The van der Waals surface area contributed by atoms with Crippen molar-refractivity contribution in [2.45, 2.75) is 62.8 Å². The zero-order valence-electron chi connectivity index (χ0n) is 13.0. The van der Waals surface area contributed by atoms with Crippen LogP contribution in [0.15, 0.2) is 5.16 Å². The van der Waals surface area contributed by atoms with Crippen LogP contribution >= 0.6 is 0 Å². The van der Waals surface area contributed by atoms with E-state index >= 15 is 0 Å². The number of hydrogen-bond donors (Lipinski definition) is 4. The Morgan fingerprint density at radius 3 is 2.09 bits per heavy atom. The lowest BCUT2D eigenvalue weighted by molar-refractivity contribution is -0.301. The lowest BCUT2D eigenvalue weighted by Gasteiger charge is -2.50. The van der Waals surface area contributed by atoms with Crippen molar-refractivity contribution < 1.29 is 30.0 Å². The Kier molecular flexibility index (Phi) is 4.09. The monoisotopic (exact) mass is 327 g/mol. The van der Waals surface area contributed by atoms with Gasteiger partial charge in [-0.15, -0.1) is 0 Å². The van der Waals surface area contributed by atoms with Crippen molar-refractivity contribution in [3.8, 4) is 0 Å². The molecule has 1 aliphatic heterocycles. The average molecular weight is 327 g/mol. The summed E-state index contributed by atoms with van der Waals surface area (Å²) in [5.74, 6) is 2.58. The fraction of sp³-hybridized carbons (Fsp3) is 0.938. The largest absolute Gasteiger partial charge is 0.394 e. The molecule has 1 heterocycles. The van der Waals surface area contributed by atoms with E-state index in [9.17, 15) is 20.4 Å². The predicted molar refractivity (Wildman–Crippen MR) is 79.3 cm³/mol. The maximum atomic E-state index is 9.99. The quantitative estimate of drug-likeness (QED) is 0.526. The summed E-state index contributed by atoms with van der Waals surface area (Å²) in [6.07, 6.45) is -0.287. The van der Waals surface area contributed by atoms with Crippen molar-refractivity contribution in [3.05, 3.63) is 0 Å². The highest BCUT2D eigenvalue weighted by molar-refractivity contribution is 5.90. The fourth-order valence-corrected chi connectivity index (χ4v) is 5.08. The van der Waals surface area contributed by atoms with Crippen molar-refractivity contribution in [1.29, 1.82) is 0 Å². The number of oxime groups is 1. The first-order valence-corrected chi connectivity index (χ1v) is 8.61. The highest BCUT2D eigenvalue weighted by Gasteiger charge is 2.48. The number of aliphatic hydroxyl groups is 4. The first kappa shape index (κ1) is 15.8. The Morgan fingerprint density at radius 1 is 0.913 bits per heavy atom. The average Bonchev–Trinajstić information content (AvgIpc) is 2.53. The third kappa shape index (κ3) is 2.68. The summed E-state index contributed by atoms with van der Waals surface area (Å²) in [6.45, 7) is -0.462. The minimum absolute atomic E-state index is 0.462. The van der Waals surface area contributed by atoms with Crippen LogP contribution in [0, 0.1) is 23.7 Å². The van der Waals surface area contributed by atoms with Gasteiger partial charge in [0.2, 0.25) is 0 Å². The van der Waals surface area contributed by atoms with Gasteiger partial charge in [-0.05, 0) is 43.9 Å². The molecule has 0 spiro atoms. The molecule has 5 fully saturated rings. The Morgan fingerprint density at radius 2 is 1.52 bits per heavy atom. The molecule has 23 heavy (non-hydrogen) atoms. The van der Waals surface area contributed by atoms with E-state index in [1.807, 2.05) is 0 Å². The van der Waals surface area contributed by atoms with Crippen LogP contribution < -0.4 is 0 Å². The second-order valence-corrected chi connectivity index (χ2v) is 7.62. The molecule has 0 amide bonds. The molecule has 5 rings (SSSR count). The Balaban J connectivity index is 1.45. The van der Waals surface area contributed by atoms with Gasteiger partial charge in [-0.3, -0.25) is 0 Å². The van der Waals surface area contributed by atoms with Crippen molar-refractivity contribution in [3.63, 3.8) is 0 Å². The van der Waals surface area contributed by atoms with Gasteiger partial charge in [0.25, 0.3) is 6.29 Å². The van der Waals surface area contributed by atoms with E-state index in [2.05, 4.69) is 5.16 Å². The van der Waals surface area contributed by atoms with Crippen molar-refractivity contribution >= 4 is 5.71 Å². The number of ether oxygens (including phenoxy) is 1. The van der Waals surface area contributed by atoms with Crippen LogP contribution in [0.1, 0.15) is 32.1 Å². The van der Waals surface area contributed by atoms with Crippen LogP contribution in [0.4, 0.5) is 0 Å². The Hall–Kier alpha value is -0.730. The predicted octanol–water partition coefficient (Wildman–Crippen LogP) is -0.385. The second kappa shape index (κ2) is 5.97. The Bertz CT molecular complexity index is 451. The van der Waals surface area contributed by atoms with Gasteiger partial charge in [0, 0.05) is 11.8 Å². The molecule has 5 aliphatic rings. The van der Waals surface area contributed by atoms with E-state index in [-0.39, 0.29) is 0 Å². The number of rotatable bonds is 3. The molecule has 0 radical (unpaired) electrons. The van der Waals surface area contributed by atoms with Gasteiger partial charge >= 0.3 is 0 Å². The van der Waals surface area contributed by atoms with Gasteiger partial charge in [-0.1, -0.05) is 5.16 Å². The number of nitrogens with zero attached hydrogens (tertiary/aromatic N) is 1. The maximum absolute atomic E-state index is 9.99. The van der Waals surface area contributed by atoms with Gasteiger partial charge in [-0.2, -0.15) is 0 Å². The molecule has 0 aromatic heterocycles. The van der Waals surface area contributed by atoms with Crippen molar-refractivity contribution in [2.75, 3.05) is 6.61 Å². The van der Waals surface area contributed by atoms with Crippen LogP contribution in [0.25, 0.3) is 0 Å². The molecule has 0 aromatic rings. The van der Waals surface area contributed by atoms with Gasteiger partial charge < -0.3 is 30.0 Å². The van der Waals surface area contributed by atoms with Crippen LogP contribution in [-0.2, 0) is 9.57 Å². The van der Waals surface area contributed by atoms with E-state index in [0.29, 0.717) is 11.8 Å². The maximum Gasteiger partial charge on any atom is 0.256 e. The van der Waals surface area contributed by atoms with Crippen LogP contribution in [-0.4, -0.2) is 63.5 Å². The normalized spacial score (nSPS) is 51.8. The van der Waals surface area contributed by atoms with Gasteiger partial charge in [0.1, 0.15) is 24.4 Å². The first-order valence-electron chi connectivity index (χ1n) is 8.61. The summed E-state index contributed by atoms with van der Waals surface area (Å²) in [7, 11) is 0. The molecule has 4 N–H and O–H groups in total. The molecule has 0 unspecified atom stereocenters. The molecule has 1 saturated heterocycles. The minimum Gasteiger partial charge on any atom is -0.394 e. The topological polar surface area (TPSA) is 112 Å². The van der Waals surface area contributed by atoms with Gasteiger partial charge in [-0.25, -0.2) is 0 Å². The standard InChI is InChI=1S/C16H25NO6/c18-6-11-13(19)14(20)15(21)16(22-11)23-17-12-9-2-7-1-8(4-9)5-10(12)3-7/h7-11,13-16,18-21H,1-6H2/t7?,8?,9?,10?,11-,13-,14+,15-,16+/m1/s1. The summed E-state index contributed by atoms with van der Waals surface area (Å²) in [6, 6.07) is 0. The van der Waals surface area contributed by atoms with Crippen molar-refractivity contribution in [1.82, 2.24) is 0 Å². The third-order valence-electron chi connectivity index (χ3n) is 6.09. The molecule has 4 saturated carbocycles. The SMILES string of the molecule is OC[C@H]1O[C@@H](ON=C2C3CC4CC(C3)CC2C4)[C@H](O)[C@@H](O)[C@@H]1O. The summed E-state index contributed by atoms with van der Waals surface area (Å²) >= 11 is 0. The minimum atomic E-state index is -1.43. The molecule has 4 aliphatic carbocycles. The van der Waals surface area contributed by atoms with E-state index in [1.165, 1.54) is 32.1 Å². The summed E-state index contributed by atoms with van der Waals surface area (Å²) in [4.78, 5) is 5.41. The molecular weight excluding hydrogens is 302 g/mol. The smallest absolute Gasteiger partial charge is 0.256 e. The second-order valence-electron chi connectivity index (χ2n) is 7.62. The summed E-state index contributed by atoms with van der Waals surface area (Å²) < 4.78 is 5.33. The molecule has 4 bridgehead atoms. The molecule has 0 aromatic carbocycles. The van der Waals surface area contributed by atoms with Crippen LogP contribution in [0.3, 0.4) is 0 Å². The van der Waals surface area contributed by atoms with Crippen LogP contribution in [0.2, 0.25) is 0 Å². The molecule has 130 valence electrons. The third-order valence-corrected chi connectivity index (χ3v) is 6.09. The highest BCUT2D eigenvalue weighted by atomic mass is 16.8. The van der Waals surface area contributed by atoms with E-state index in [4.69, 9.17) is 9.57 Å². The zero-order chi connectivity index (χ0) is 16.1. The van der Waals surface area contributed by atoms with Crippen molar-refractivity contribution in [2.24, 2.45) is 28.8 Å². The van der Waals surface area contributed by atoms with E-state index in [1.54, 1.807) is 0 Å². The van der Waals surface area contributed by atoms with Gasteiger partial charge in [0.15, 0.2) is 0 Å². The van der Waals surface area contributed by atoms with Gasteiger partial charge in [0.05, 0.1) is 12.3 Å². The summed E-state index contributed by atoms with van der Waals surface area (Å²) in [5, 5.41) is 43.0. The lowest BCUT2D eigenvalue weighted by Crippen LogP contribution is -2.59.